The van der Waals surface area contributed by atoms with Crippen molar-refractivity contribution in [3.63, 3.8) is 0 Å². The number of amides is 2. The predicted octanol–water partition coefficient (Wildman–Crippen LogP) is 2.59. The standard InChI is InChI=1S/C17H22F2N2O2/c1-11(2)16(22)20-9-12-4-3-7-21(10-12)17(23)14-6-5-13(18)8-15(14)19/h5-6,8,11-12H,3-4,7,9-10H2,1-2H3,(H,20,22)/t12-/m0/s1. The first kappa shape index (κ1) is 17.4. The van der Waals surface area contributed by atoms with Crippen molar-refractivity contribution in [3.05, 3.63) is 35.4 Å². The highest BCUT2D eigenvalue weighted by molar-refractivity contribution is 5.94. The minimum absolute atomic E-state index is 0.0157. The second-order valence-electron chi connectivity index (χ2n) is 6.28. The Balaban J connectivity index is 1.97. The van der Waals surface area contributed by atoms with Gasteiger partial charge in [-0.3, -0.25) is 9.59 Å². The molecule has 1 atom stereocenters. The summed E-state index contributed by atoms with van der Waals surface area (Å²) < 4.78 is 26.7. The van der Waals surface area contributed by atoms with Crippen molar-refractivity contribution in [3.8, 4) is 0 Å². The topological polar surface area (TPSA) is 49.4 Å². The maximum atomic E-state index is 13.8. The molecule has 2 rings (SSSR count). The van der Waals surface area contributed by atoms with E-state index in [0.29, 0.717) is 19.6 Å². The second-order valence-corrected chi connectivity index (χ2v) is 6.28. The molecule has 1 aliphatic heterocycles. The van der Waals surface area contributed by atoms with Gasteiger partial charge in [-0.05, 0) is 30.9 Å². The van der Waals surface area contributed by atoms with Crippen LogP contribution in [0.15, 0.2) is 18.2 Å². The van der Waals surface area contributed by atoms with Crippen LogP contribution in [-0.2, 0) is 4.79 Å². The molecule has 23 heavy (non-hydrogen) atoms. The number of nitrogens with one attached hydrogen (secondary N) is 1. The Morgan fingerprint density at radius 3 is 2.74 bits per heavy atom. The molecule has 0 spiro atoms. The van der Waals surface area contributed by atoms with Gasteiger partial charge in [0.1, 0.15) is 11.6 Å². The van der Waals surface area contributed by atoms with E-state index in [-0.39, 0.29) is 23.3 Å². The van der Waals surface area contributed by atoms with Crippen LogP contribution >= 0.6 is 0 Å². The van der Waals surface area contributed by atoms with Gasteiger partial charge < -0.3 is 10.2 Å². The molecule has 1 heterocycles. The summed E-state index contributed by atoms with van der Waals surface area (Å²) in [5.74, 6) is -1.92. The van der Waals surface area contributed by atoms with Crippen LogP contribution < -0.4 is 5.32 Å². The average Bonchev–Trinajstić information content (AvgIpc) is 2.52. The van der Waals surface area contributed by atoms with E-state index in [1.165, 1.54) is 6.07 Å². The summed E-state index contributed by atoms with van der Waals surface area (Å²) >= 11 is 0. The molecule has 2 amide bonds. The van der Waals surface area contributed by atoms with Crippen molar-refractivity contribution in [1.29, 1.82) is 0 Å². The van der Waals surface area contributed by atoms with Crippen LogP contribution in [0, 0.1) is 23.5 Å². The molecule has 1 saturated heterocycles. The number of carbonyl (C=O) groups is 2. The lowest BCUT2D eigenvalue weighted by atomic mass is 9.97. The van der Waals surface area contributed by atoms with E-state index < -0.39 is 17.5 Å². The fraction of sp³-hybridized carbons (Fsp3) is 0.529. The zero-order valence-electron chi connectivity index (χ0n) is 13.4. The van der Waals surface area contributed by atoms with Crippen LogP contribution in [0.2, 0.25) is 0 Å². The Labute approximate surface area is 134 Å². The molecule has 1 aliphatic rings. The third-order valence-corrected chi connectivity index (χ3v) is 4.06. The summed E-state index contributed by atoms with van der Waals surface area (Å²) in [4.78, 5) is 25.6. The highest BCUT2D eigenvalue weighted by Crippen LogP contribution is 2.20. The molecular formula is C17H22F2N2O2. The van der Waals surface area contributed by atoms with Gasteiger partial charge in [-0.25, -0.2) is 8.78 Å². The van der Waals surface area contributed by atoms with Crippen LogP contribution in [-0.4, -0.2) is 36.3 Å². The first-order valence-corrected chi connectivity index (χ1v) is 7.90. The third kappa shape index (κ3) is 4.50. The number of likely N-dealkylation sites (tertiary alicyclic amines) is 1. The first-order valence-electron chi connectivity index (χ1n) is 7.90. The molecule has 1 fully saturated rings. The Bertz CT molecular complexity index is 590. The SMILES string of the molecule is CC(C)C(=O)NC[C@@H]1CCCN(C(=O)c2ccc(F)cc2F)C1. The van der Waals surface area contributed by atoms with Gasteiger partial charge in [0.2, 0.25) is 5.91 Å². The molecule has 1 N–H and O–H groups in total. The van der Waals surface area contributed by atoms with Crippen molar-refractivity contribution >= 4 is 11.8 Å². The van der Waals surface area contributed by atoms with Gasteiger partial charge in [0.05, 0.1) is 5.56 Å². The number of rotatable bonds is 4. The summed E-state index contributed by atoms with van der Waals surface area (Å²) in [5.41, 5.74) is -0.113. The number of halogens is 2. The predicted molar refractivity (Wildman–Crippen MR) is 82.8 cm³/mol. The van der Waals surface area contributed by atoms with Gasteiger partial charge in [-0.2, -0.15) is 0 Å². The normalized spacial score (nSPS) is 18.1. The van der Waals surface area contributed by atoms with Crippen molar-refractivity contribution in [1.82, 2.24) is 10.2 Å². The smallest absolute Gasteiger partial charge is 0.256 e. The number of benzene rings is 1. The second kappa shape index (κ2) is 7.53. The van der Waals surface area contributed by atoms with E-state index in [4.69, 9.17) is 0 Å². The minimum Gasteiger partial charge on any atom is -0.356 e. The number of hydrogen-bond donors (Lipinski definition) is 1. The molecule has 126 valence electrons. The number of carbonyl (C=O) groups excluding carboxylic acids is 2. The summed E-state index contributed by atoms with van der Waals surface area (Å²) in [6.07, 6.45) is 1.71. The van der Waals surface area contributed by atoms with Crippen molar-refractivity contribution < 1.29 is 18.4 Å². The summed E-state index contributed by atoms with van der Waals surface area (Å²) in [5, 5.41) is 2.87. The van der Waals surface area contributed by atoms with Crippen LogP contribution in [0.4, 0.5) is 8.78 Å². The molecule has 0 bridgehead atoms. The molecule has 1 aromatic rings. The zero-order valence-corrected chi connectivity index (χ0v) is 13.4. The molecule has 0 aromatic heterocycles. The van der Waals surface area contributed by atoms with Crippen LogP contribution in [0.3, 0.4) is 0 Å². The molecule has 1 aromatic carbocycles. The van der Waals surface area contributed by atoms with Gasteiger partial charge in [0.15, 0.2) is 0 Å². The Morgan fingerprint density at radius 1 is 1.35 bits per heavy atom. The fourth-order valence-corrected chi connectivity index (χ4v) is 2.70. The van der Waals surface area contributed by atoms with Gasteiger partial charge >= 0.3 is 0 Å². The fourth-order valence-electron chi connectivity index (χ4n) is 2.70. The van der Waals surface area contributed by atoms with Crippen LogP contribution in [0.5, 0.6) is 0 Å². The molecule has 0 unspecified atom stereocenters. The molecule has 6 heteroatoms. The van der Waals surface area contributed by atoms with Crippen molar-refractivity contribution in [2.75, 3.05) is 19.6 Å². The van der Waals surface area contributed by atoms with E-state index in [9.17, 15) is 18.4 Å². The van der Waals surface area contributed by atoms with Gasteiger partial charge in [0, 0.05) is 31.6 Å². The molecule has 0 saturated carbocycles. The van der Waals surface area contributed by atoms with E-state index >= 15 is 0 Å². The Morgan fingerprint density at radius 2 is 2.09 bits per heavy atom. The summed E-state index contributed by atoms with van der Waals surface area (Å²) in [7, 11) is 0. The first-order chi connectivity index (χ1) is 10.9. The van der Waals surface area contributed by atoms with E-state index in [0.717, 1.165) is 25.0 Å². The van der Waals surface area contributed by atoms with Crippen molar-refractivity contribution in [2.45, 2.75) is 26.7 Å². The molecule has 4 nitrogen and oxygen atoms in total. The lowest BCUT2D eigenvalue weighted by Gasteiger charge is -2.33. The van der Waals surface area contributed by atoms with Crippen molar-refractivity contribution in [2.24, 2.45) is 11.8 Å². The number of nitrogens with zero attached hydrogens (tertiary/aromatic N) is 1. The Kier molecular flexibility index (Phi) is 5.69. The lowest BCUT2D eigenvalue weighted by Crippen LogP contribution is -2.44. The highest BCUT2D eigenvalue weighted by atomic mass is 19.1. The third-order valence-electron chi connectivity index (χ3n) is 4.06. The maximum Gasteiger partial charge on any atom is 0.256 e. The summed E-state index contributed by atoms with van der Waals surface area (Å²) in [6, 6.07) is 2.98. The minimum atomic E-state index is -0.842. The van der Waals surface area contributed by atoms with E-state index in [2.05, 4.69) is 5.32 Å². The van der Waals surface area contributed by atoms with Gasteiger partial charge in [-0.15, -0.1) is 0 Å². The zero-order chi connectivity index (χ0) is 17.0. The maximum absolute atomic E-state index is 13.8. The molecule has 0 aliphatic carbocycles. The number of piperidine rings is 1. The lowest BCUT2D eigenvalue weighted by molar-refractivity contribution is -0.124. The van der Waals surface area contributed by atoms with Crippen LogP contribution in [0.1, 0.15) is 37.0 Å². The Hall–Kier alpha value is -1.98. The number of hydrogen-bond acceptors (Lipinski definition) is 2. The monoisotopic (exact) mass is 324 g/mol. The largest absolute Gasteiger partial charge is 0.356 e. The molecular weight excluding hydrogens is 302 g/mol. The summed E-state index contributed by atoms with van der Waals surface area (Å²) in [6.45, 7) is 5.16. The van der Waals surface area contributed by atoms with Gasteiger partial charge in [0.25, 0.3) is 5.91 Å². The molecule has 0 radical (unpaired) electrons. The van der Waals surface area contributed by atoms with E-state index in [1.807, 2.05) is 13.8 Å². The van der Waals surface area contributed by atoms with Gasteiger partial charge in [-0.1, -0.05) is 13.8 Å². The van der Waals surface area contributed by atoms with E-state index in [1.54, 1.807) is 4.90 Å². The highest BCUT2D eigenvalue weighted by Gasteiger charge is 2.26. The van der Waals surface area contributed by atoms with Crippen LogP contribution in [0.25, 0.3) is 0 Å². The average molecular weight is 324 g/mol. The quantitative estimate of drug-likeness (QED) is 0.925.